The lowest BCUT2D eigenvalue weighted by Gasteiger charge is -2.35. The van der Waals surface area contributed by atoms with Gasteiger partial charge in [-0.05, 0) is 57.5 Å². The predicted octanol–water partition coefficient (Wildman–Crippen LogP) is 3.33. The molecule has 0 bridgehead atoms. The maximum absolute atomic E-state index is 12.9. The lowest BCUT2D eigenvalue weighted by atomic mass is 9.88. The van der Waals surface area contributed by atoms with E-state index in [-0.39, 0.29) is 12.5 Å². The van der Waals surface area contributed by atoms with Crippen LogP contribution in [0.15, 0.2) is 36.7 Å². The van der Waals surface area contributed by atoms with Crippen LogP contribution in [0.25, 0.3) is 11.3 Å². The zero-order chi connectivity index (χ0) is 23.0. The number of anilines is 2. The largest absolute Gasteiger partial charge is 0.433 e. The highest BCUT2D eigenvalue weighted by atomic mass is 19.4. The van der Waals surface area contributed by atoms with Gasteiger partial charge in [0.05, 0.1) is 18.3 Å². The number of nitrogens with one attached hydrogen (secondary N) is 1. The van der Waals surface area contributed by atoms with Crippen molar-refractivity contribution in [3.8, 4) is 11.3 Å². The van der Waals surface area contributed by atoms with Gasteiger partial charge in [0.15, 0.2) is 0 Å². The summed E-state index contributed by atoms with van der Waals surface area (Å²) in [6, 6.07) is 6.05. The Morgan fingerprint density at radius 2 is 1.81 bits per heavy atom. The maximum atomic E-state index is 12.9. The molecule has 11 heteroatoms. The van der Waals surface area contributed by atoms with E-state index in [4.69, 9.17) is 0 Å². The Bertz CT molecular complexity index is 1070. The van der Waals surface area contributed by atoms with Gasteiger partial charge in [-0.15, -0.1) is 5.10 Å². The summed E-state index contributed by atoms with van der Waals surface area (Å²) in [4.78, 5) is 7.35. The third-order valence-corrected chi connectivity index (χ3v) is 4.90. The highest BCUT2D eigenvalue weighted by Crippen LogP contribution is 2.29. The first-order valence-electron chi connectivity index (χ1n) is 9.39. The van der Waals surface area contributed by atoms with Crippen LogP contribution in [0.5, 0.6) is 0 Å². The molecule has 2 heterocycles. The number of rotatable bonds is 6. The van der Waals surface area contributed by atoms with Gasteiger partial charge in [-0.1, -0.05) is 5.21 Å². The first-order valence-corrected chi connectivity index (χ1v) is 9.39. The molecule has 0 saturated heterocycles. The third kappa shape index (κ3) is 5.36. The van der Waals surface area contributed by atoms with Crippen molar-refractivity contribution < 1.29 is 23.4 Å². The Kier molecular flexibility index (Phi) is 5.76. The summed E-state index contributed by atoms with van der Waals surface area (Å²) in [6.45, 7) is 6.33. The summed E-state index contributed by atoms with van der Waals surface area (Å²) >= 11 is 0. The summed E-state index contributed by atoms with van der Waals surface area (Å²) in [7, 11) is 0. The van der Waals surface area contributed by atoms with E-state index in [1.807, 2.05) is 13.0 Å². The van der Waals surface area contributed by atoms with Crippen molar-refractivity contribution >= 4 is 11.6 Å². The van der Waals surface area contributed by atoms with Crippen molar-refractivity contribution in [1.29, 1.82) is 0 Å². The molecule has 31 heavy (non-hydrogen) atoms. The number of aryl methyl sites for hydroxylation is 1. The number of hydrogen-bond acceptors (Lipinski definition) is 7. The van der Waals surface area contributed by atoms with Crippen LogP contribution in [0.3, 0.4) is 0 Å². The number of halogens is 3. The fourth-order valence-electron chi connectivity index (χ4n) is 2.73. The van der Waals surface area contributed by atoms with Crippen molar-refractivity contribution in [1.82, 2.24) is 25.0 Å². The quantitative estimate of drug-likeness (QED) is 0.544. The topological polar surface area (TPSA) is 109 Å². The van der Waals surface area contributed by atoms with Gasteiger partial charge in [0, 0.05) is 17.4 Å². The fraction of sp³-hybridized carbons (Fsp3) is 0.400. The maximum Gasteiger partial charge on any atom is 0.433 e. The number of nitrogens with zero attached hydrogens (tertiary/aromatic N) is 5. The van der Waals surface area contributed by atoms with E-state index in [2.05, 4.69) is 25.6 Å². The second kappa shape index (κ2) is 7.89. The molecule has 3 N–H and O–H groups in total. The minimum Gasteiger partial charge on any atom is -0.387 e. The van der Waals surface area contributed by atoms with E-state index in [0.29, 0.717) is 16.9 Å². The Morgan fingerprint density at radius 1 is 1.10 bits per heavy atom. The summed E-state index contributed by atoms with van der Waals surface area (Å²) in [5.74, 6) is -0.184. The van der Waals surface area contributed by atoms with Crippen LogP contribution in [-0.2, 0) is 12.7 Å². The summed E-state index contributed by atoms with van der Waals surface area (Å²) in [5, 5.41) is 31.5. The Balaban J connectivity index is 1.85. The minimum absolute atomic E-state index is 0.0124. The van der Waals surface area contributed by atoms with Gasteiger partial charge in [0.25, 0.3) is 0 Å². The SMILES string of the molecule is Cc1cc(Nc2nccc(C(F)(F)F)n2)cc(-c2cn(CC(C)(O)C(C)(C)O)nn2)c1. The van der Waals surface area contributed by atoms with Crippen LogP contribution in [0, 0.1) is 6.92 Å². The van der Waals surface area contributed by atoms with Crippen molar-refractivity contribution in [2.75, 3.05) is 5.32 Å². The highest BCUT2D eigenvalue weighted by molar-refractivity contribution is 5.68. The van der Waals surface area contributed by atoms with E-state index < -0.39 is 23.1 Å². The molecule has 0 saturated carbocycles. The zero-order valence-electron chi connectivity index (χ0n) is 17.4. The molecule has 1 unspecified atom stereocenters. The number of benzene rings is 1. The first-order chi connectivity index (χ1) is 14.2. The number of hydrogen-bond donors (Lipinski definition) is 3. The van der Waals surface area contributed by atoms with Gasteiger partial charge in [0.1, 0.15) is 17.0 Å². The number of aliphatic hydroxyl groups is 2. The van der Waals surface area contributed by atoms with Gasteiger partial charge in [-0.3, -0.25) is 0 Å². The van der Waals surface area contributed by atoms with Gasteiger partial charge in [-0.25, -0.2) is 14.6 Å². The second-order valence-corrected chi connectivity index (χ2v) is 8.11. The molecule has 1 atom stereocenters. The Morgan fingerprint density at radius 3 is 2.45 bits per heavy atom. The van der Waals surface area contributed by atoms with Crippen LogP contribution in [0.4, 0.5) is 24.8 Å². The van der Waals surface area contributed by atoms with E-state index in [1.54, 1.807) is 18.3 Å². The molecule has 1 aromatic carbocycles. The second-order valence-electron chi connectivity index (χ2n) is 8.11. The van der Waals surface area contributed by atoms with Crippen LogP contribution in [0.2, 0.25) is 0 Å². The standard InChI is InChI=1S/C20H23F3N6O2/c1-12-7-13(15-10-29(28-27-15)11-19(4,31)18(2,3)30)9-14(8-12)25-17-24-6-5-16(26-17)20(21,22)23/h5-10,30-31H,11H2,1-4H3,(H,24,25,26). The molecule has 166 valence electrons. The van der Waals surface area contributed by atoms with Crippen LogP contribution >= 0.6 is 0 Å². The summed E-state index contributed by atoms with van der Waals surface area (Å²) in [6.07, 6.45) is -1.92. The normalized spacial score (nSPS) is 14.4. The average Bonchev–Trinajstić information content (AvgIpc) is 3.07. The van der Waals surface area contributed by atoms with E-state index in [9.17, 15) is 23.4 Å². The predicted molar refractivity (Wildman–Crippen MR) is 107 cm³/mol. The Labute approximate surface area is 176 Å². The molecule has 0 spiro atoms. The number of aromatic nitrogens is 5. The van der Waals surface area contributed by atoms with Crippen LogP contribution in [-0.4, -0.2) is 46.4 Å². The summed E-state index contributed by atoms with van der Waals surface area (Å²) < 4.78 is 40.1. The van der Waals surface area contributed by atoms with Gasteiger partial charge < -0.3 is 15.5 Å². The van der Waals surface area contributed by atoms with Crippen molar-refractivity contribution in [3.63, 3.8) is 0 Å². The fourth-order valence-corrected chi connectivity index (χ4v) is 2.73. The molecular formula is C20H23F3N6O2. The molecule has 0 fully saturated rings. The lowest BCUT2D eigenvalue weighted by Crippen LogP contribution is -2.50. The van der Waals surface area contributed by atoms with E-state index >= 15 is 0 Å². The molecule has 3 aromatic rings. The monoisotopic (exact) mass is 436 g/mol. The van der Waals surface area contributed by atoms with Crippen molar-refractivity contribution in [2.45, 2.75) is 51.6 Å². The van der Waals surface area contributed by atoms with Crippen LogP contribution in [0.1, 0.15) is 32.0 Å². The van der Waals surface area contributed by atoms with Gasteiger partial charge in [-0.2, -0.15) is 13.2 Å². The molecule has 0 aliphatic heterocycles. The molecule has 0 amide bonds. The smallest absolute Gasteiger partial charge is 0.387 e. The van der Waals surface area contributed by atoms with E-state index in [1.165, 1.54) is 25.5 Å². The van der Waals surface area contributed by atoms with Gasteiger partial charge >= 0.3 is 6.18 Å². The molecule has 3 rings (SSSR count). The minimum atomic E-state index is -4.57. The molecule has 0 aliphatic rings. The summed E-state index contributed by atoms with van der Waals surface area (Å²) in [5.41, 5.74) is -1.40. The highest BCUT2D eigenvalue weighted by Gasteiger charge is 2.38. The van der Waals surface area contributed by atoms with E-state index in [0.717, 1.165) is 17.8 Å². The number of alkyl halides is 3. The van der Waals surface area contributed by atoms with Gasteiger partial charge in [0.2, 0.25) is 5.95 Å². The third-order valence-electron chi connectivity index (χ3n) is 4.90. The van der Waals surface area contributed by atoms with Crippen molar-refractivity contribution in [2.24, 2.45) is 0 Å². The lowest BCUT2D eigenvalue weighted by molar-refractivity contribution is -0.141. The van der Waals surface area contributed by atoms with Crippen molar-refractivity contribution in [3.05, 3.63) is 47.9 Å². The molecule has 0 radical (unpaired) electrons. The average molecular weight is 436 g/mol. The first kappa shape index (κ1) is 22.6. The molecular weight excluding hydrogens is 413 g/mol. The zero-order valence-corrected chi connectivity index (χ0v) is 17.4. The van der Waals surface area contributed by atoms with Crippen LogP contribution < -0.4 is 5.32 Å². The Hall–Kier alpha value is -3.05. The molecule has 8 nitrogen and oxygen atoms in total. The molecule has 0 aliphatic carbocycles. The molecule has 2 aromatic heterocycles.